The maximum atomic E-state index is 10.5. The van der Waals surface area contributed by atoms with Gasteiger partial charge in [0.2, 0.25) is 0 Å². The first kappa shape index (κ1) is 8.26. The third-order valence-electron chi connectivity index (χ3n) is 2.43. The SMILES string of the molecule is N[C@H]1C[C@@H]1c1ccc(C(=O)O)cc1. The van der Waals surface area contributed by atoms with E-state index in [9.17, 15) is 4.79 Å². The van der Waals surface area contributed by atoms with Crippen LogP contribution < -0.4 is 5.73 Å². The Hall–Kier alpha value is -1.35. The molecule has 1 aromatic carbocycles. The van der Waals surface area contributed by atoms with E-state index in [1.165, 1.54) is 0 Å². The third kappa shape index (κ3) is 1.55. The van der Waals surface area contributed by atoms with Gasteiger partial charge in [0.25, 0.3) is 0 Å². The Morgan fingerprint density at radius 2 is 1.92 bits per heavy atom. The first-order chi connectivity index (χ1) is 6.18. The Balaban J connectivity index is 2.19. The molecule has 3 nitrogen and oxygen atoms in total. The number of carbonyl (C=O) groups is 1. The van der Waals surface area contributed by atoms with Crippen LogP contribution in [-0.4, -0.2) is 17.1 Å². The largest absolute Gasteiger partial charge is 0.478 e. The van der Waals surface area contributed by atoms with Gasteiger partial charge in [0.15, 0.2) is 0 Å². The van der Waals surface area contributed by atoms with Gasteiger partial charge in [0.1, 0.15) is 0 Å². The van der Waals surface area contributed by atoms with E-state index in [1.807, 2.05) is 12.1 Å². The van der Waals surface area contributed by atoms with E-state index in [1.54, 1.807) is 12.1 Å². The summed E-state index contributed by atoms with van der Waals surface area (Å²) >= 11 is 0. The quantitative estimate of drug-likeness (QED) is 0.713. The highest BCUT2D eigenvalue weighted by molar-refractivity contribution is 5.87. The van der Waals surface area contributed by atoms with E-state index in [4.69, 9.17) is 10.8 Å². The molecular weight excluding hydrogens is 166 g/mol. The summed E-state index contributed by atoms with van der Waals surface area (Å²) in [4.78, 5) is 10.5. The van der Waals surface area contributed by atoms with Crippen molar-refractivity contribution in [1.29, 1.82) is 0 Å². The molecule has 0 saturated heterocycles. The lowest BCUT2D eigenvalue weighted by atomic mass is 10.1. The van der Waals surface area contributed by atoms with Gasteiger partial charge in [0.05, 0.1) is 5.56 Å². The summed E-state index contributed by atoms with van der Waals surface area (Å²) in [6, 6.07) is 7.23. The summed E-state index contributed by atoms with van der Waals surface area (Å²) in [7, 11) is 0. The highest BCUT2D eigenvalue weighted by Gasteiger charge is 2.34. The molecule has 0 radical (unpaired) electrons. The zero-order valence-corrected chi connectivity index (χ0v) is 7.10. The first-order valence-electron chi connectivity index (χ1n) is 4.27. The minimum absolute atomic E-state index is 0.274. The number of benzene rings is 1. The lowest BCUT2D eigenvalue weighted by molar-refractivity contribution is 0.0697. The maximum absolute atomic E-state index is 10.5. The Kier molecular flexibility index (Phi) is 1.81. The molecule has 1 aromatic rings. The molecule has 3 heteroatoms. The van der Waals surface area contributed by atoms with E-state index >= 15 is 0 Å². The summed E-state index contributed by atoms with van der Waals surface area (Å²) in [5.74, 6) is -0.436. The van der Waals surface area contributed by atoms with Crippen LogP contribution in [0.5, 0.6) is 0 Å². The predicted octanol–water partition coefficient (Wildman–Crippen LogP) is 1.20. The van der Waals surface area contributed by atoms with Crippen LogP contribution in [0, 0.1) is 0 Å². The molecule has 1 aliphatic rings. The fourth-order valence-electron chi connectivity index (χ4n) is 1.47. The number of carboxylic acids is 1. The number of hydrogen-bond donors (Lipinski definition) is 2. The van der Waals surface area contributed by atoms with Gasteiger partial charge in [-0.05, 0) is 24.1 Å². The van der Waals surface area contributed by atoms with Crippen molar-refractivity contribution in [3.05, 3.63) is 35.4 Å². The highest BCUT2D eigenvalue weighted by atomic mass is 16.4. The smallest absolute Gasteiger partial charge is 0.335 e. The zero-order chi connectivity index (χ0) is 9.42. The van der Waals surface area contributed by atoms with Crippen molar-refractivity contribution in [3.8, 4) is 0 Å². The number of nitrogens with two attached hydrogens (primary N) is 1. The molecule has 0 amide bonds. The standard InChI is InChI=1S/C10H11NO2/c11-9-5-8(9)6-1-3-7(4-2-6)10(12)13/h1-4,8-9H,5,11H2,(H,12,13)/t8-,9+/m1/s1. The number of carboxylic acid groups (broad SMARTS) is 1. The van der Waals surface area contributed by atoms with Gasteiger partial charge in [-0.2, -0.15) is 0 Å². The third-order valence-corrected chi connectivity index (χ3v) is 2.43. The second kappa shape index (κ2) is 2.85. The molecule has 1 saturated carbocycles. The fourth-order valence-corrected chi connectivity index (χ4v) is 1.47. The van der Waals surface area contributed by atoms with Gasteiger partial charge in [-0.3, -0.25) is 0 Å². The Morgan fingerprint density at radius 3 is 2.31 bits per heavy atom. The van der Waals surface area contributed by atoms with Crippen molar-refractivity contribution < 1.29 is 9.90 Å². The molecule has 0 spiro atoms. The van der Waals surface area contributed by atoms with E-state index in [0.717, 1.165) is 12.0 Å². The van der Waals surface area contributed by atoms with Gasteiger partial charge in [-0.15, -0.1) is 0 Å². The number of aromatic carboxylic acids is 1. The van der Waals surface area contributed by atoms with Gasteiger partial charge < -0.3 is 10.8 Å². The van der Waals surface area contributed by atoms with Crippen molar-refractivity contribution in [1.82, 2.24) is 0 Å². The summed E-state index contributed by atoms with van der Waals surface area (Å²) < 4.78 is 0. The van der Waals surface area contributed by atoms with E-state index in [0.29, 0.717) is 11.5 Å². The summed E-state index contributed by atoms with van der Waals surface area (Å²) in [6.07, 6.45) is 1.02. The molecule has 1 aliphatic carbocycles. The molecule has 2 rings (SSSR count). The van der Waals surface area contributed by atoms with Crippen LogP contribution >= 0.6 is 0 Å². The molecule has 0 bridgehead atoms. The molecule has 0 heterocycles. The average Bonchev–Trinajstić information content (AvgIpc) is 2.83. The Morgan fingerprint density at radius 1 is 1.38 bits per heavy atom. The highest BCUT2D eigenvalue weighted by Crippen LogP contribution is 2.38. The van der Waals surface area contributed by atoms with E-state index < -0.39 is 5.97 Å². The van der Waals surface area contributed by atoms with Crippen molar-refractivity contribution in [3.63, 3.8) is 0 Å². The summed E-state index contributed by atoms with van der Waals surface area (Å²) in [6.45, 7) is 0. The molecular formula is C10H11NO2. The van der Waals surface area contributed by atoms with Crippen LogP contribution in [0.4, 0.5) is 0 Å². The van der Waals surface area contributed by atoms with E-state index in [2.05, 4.69) is 0 Å². The number of hydrogen-bond acceptors (Lipinski definition) is 2. The van der Waals surface area contributed by atoms with Crippen molar-refractivity contribution >= 4 is 5.97 Å². The lowest BCUT2D eigenvalue weighted by Crippen LogP contribution is -2.01. The first-order valence-corrected chi connectivity index (χ1v) is 4.27. The minimum Gasteiger partial charge on any atom is -0.478 e. The maximum Gasteiger partial charge on any atom is 0.335 e. The van der Waals surface area contributed by atoms with Gasteiger partial charge in [0, 0.05) is 12.0 Å². The zero-order valence-electron chi connectivity index (χ0n) is 7.10. The van der Waals surface area contributed by atoms with Crippen molar-refractivity contribution in [2.24, 2.45) is 5.73 Å². The van der Waals surface area contributed by atoms with Crippen LogP contribution in [0.15, 0.2) is 24.3 Å². The average molecular weight is 177 g/mol. The van der Waals surface area contributed by atoms with Crippen LogP contribution in [0.25, 0.3) is 0 Å². The van der Waals surface area contributed by atoms with Gasteiger partial charge >= 0.3 is 5.97 Å². The molecule has 0 unspecified atom stereocenters. The normalized spacial score (nSPS) is 25.6. The predicted molar refractivity (Wildman–Crippen MR) is 48.7 cm³/mol. The van der Waals surface area contributed by atoms with Crippen molar-refractivity contribution in [2.45, 2.75) is 18.4 Å². The van der Waals surface area contributed by atoms with Gasteiger partial charge in [-0.1, -0.05) is 12.1 Å². The lowest BCUT2D eigenvalue weighted by Gasteiger charge is -1.98. The minimum atomic E-state index is -0.883. The Labute approximate surface area is 76.2 Å². The molecule has 0 aromatic heterocycles. The molecule has 68 valence electrons. The number of rotatable bonds is 2. The molecule has 2 atom stereocenters. The monoisotopic (exact) mass is 177 g/mol. The summed E-state index contributed by atoms with van der Waals surface area (Å²) in [5.41, 5.74) is 7.16. The van der Waals surface area contributed by atoms with Crippen LogP contribution in [0.3, 0.4) is 0 Å². The topological polar surface area (TPSA) is 63.3 Å². The molecule has 1 fully saturated rings. The second-order valence-electron chi connectivity index (χ2n) is 3.43. The van der Waals surface area contributed by atoms with Crippen LogP contribution in [0.2, 0.25) is 0 Å². The second-order valence-corrected chi connectivity index (χ2v) is 3.43. The fraction of sp³-hybridized carbons (Fsp3) is 0.300. The Bertz CT molecular complexity index is 331. The van der Waals surface area contributed by atoms with E-state index in [-0.39, 0.29) is 6.04 Å². The molecule has 0 aliphatic heterocycles. The molecule has 13 heavy (non-hydrogen) atoms. The van der Waals surface area contributed by atoms with Crippen molar-refractivity contribution in [2.75, 3.05) is 0 Å². The van der Waals surface area contributed by atoms with Crippen LogP contribution in [0.1, 0.15) is 28.3 Å². The van der Waals surface area contributed by atoms with Gasteiger partial charge in [-0.25, -0.2) is 4.79 Å². The summed E-state index contributed by atoms with van der Waals surface area (Å²) in [5, 5.41) is 8.66. The molecule has 3 N–H and O–H groups in total. The van der Waals surface area contributed by atoms with Crippen LogP contribution in [-0.2, 0) is 0 Å².